The van der Waals surface area contributed by atoms with E-state index in [4.69, 9.17) is 4.42 Å². The summed E-state index contributed by atoms with van der Waals surface area (Å²) >= 11 is 1.90. The van der Waals surface area contributed by atoms with E-state index in [1.165, 1.54) is 67.4 Å². The molecule has 7 aromatic carbocycles. The number of furan rings is 1. The van der Waals surface area contributed by atoms with E-state index in [-0.39, 0.29) is 5.41 Å². The number of fused-ring (bicyclic) bond motifs is 9. The van der Waals surface area contributed by atoms with Crippen molar-refractivity contribution in [2.24, 2.45) is 0 Å². The van der Waals surface area contributed by atoms with Crippen LogP contribution in [-0.2, 0) is 10.8 Å². The first-order chi connectivity index (χ1) is 25.3. The molecule has 0 bridgehead atoms. The van der Waals surface area contributed by atoms with Gasteiger partial charge in [-0.3, -0.25) is 0 Å². The van der Waals surface area contributed by atoms with Gasteiger partial charge in [-0.1, -0.05) is 140 Å². The third-order valence-electron chi connectivity index (χ3n) is 11.9. The maximum absolute atomic E-state index is 6.28. The molecule has 1 fully saturated rings. The van der Waals surface area contributed by atoms with Crippen LogP contribution in [0.2, 0.25) is 0 Å². The first-order valence-corrected chi connectivity index (χ1v) is 19.0. The molecule has 0 N–H and O–H groups in total. The summed E-state index contributed by atoms with van der Waals surface area (Å²) in [6.07, 6.45) is 4.77. The molecule has 244 valence electrons. The van der Waals surface area contributed by atoms with Crippen LogP contribution in [0.1, 0.15) is 59.1 Å². The van der Waals surface area contributed by atoms with Crippen molar-refractivity contribution in [1.82, 2.24) is 0 Å². The lowest BCUT2D eigenvalue weighted by molar-refractivity contribution is 0.528. The topological polar surface area (TPSA) is 16.4 Å². The number of hydrogen-bond donors (Lipinski definition) is 0. The molecular weight excluding hydrogens is 639 g/mol. The Morgan fingerprint density at radius 1 is 0.471 bits per heavy atom. The summed E-state index contributed by atoms with van der Waals surface area (Å²) in [6.45, 7) is 0. The van der Waals surface area contributed by atoms with E-state index in [0.29, 0.717) is 0 Å². The van der Waals surface area contributed by atoms with Gasteiger partial charge in [0.05, 0.1) is 16.8 Å². The summed E-state index contributed by atoms with van der Waals surface area (Å²) in [5.74, 6) is 0. The van der Waals surface area contributed by atoms with Crippen molar-refractivity contribution in [2.75, 3.05) is 4.90 Å². The Kier molecular flexibility index (Phi) is 6.30. The Morgan fingerprint density at radius 2 is 1.10 bits per heavy atom. The minimum absolute atomic E-state index is 0.0504. The zero-order valence-corrected chi connectivity index (χ0v) is 29.0. The van der Waals surface area contributed by atoms with Crippen molar-refractivity contribution < 1.29 is 4.42 Å². The predicted octanol–water partition coefficient (Wildman–Crippen LogP) is 13.1. The largest absolute Gasteiger partial charge is 0.456 e. The number of rotatable bonds is 3. The first kappa shape index (κ1) is 29.2. The van der Waals surface area contributed by atoms with Gasteiger partial charge in [0.1, 0.15) is 11.2 Å². The lowest BCUT2D eigenvalue weighted by atomic mass is 9.62. The lowest BCUT2D eigenvalue weighted by Gasteiger charge is -2.46. The minimum atomic E-state index is -0.467. The third-order valence-corrected chi connectivity index (χ3v) is 13.1. The maximum Gasteiger partial charge on any atom is 0.135 e. The highest BCUT2D eigenvalue weighted by Gasteiger charge is 2.49. The zero-order valence-electron chi connectivity index (χ0n) is 28.2. The van der Waals surface area contributed by atoms with Crippen molar-refractivity contribution in [1.29, 1.82) is 0 Å². The molecule has 0 unspecified atom stereocenters. The van der Waals surface area contributed by atoms with Gasteiger partial charge < -0.3 is 9.32 Å². The van der Waals surface area contributed by atoms with Crippen LogP contribution < -0.4 is 4.90 Å². The Labute approximate surface area is 302 Å². The van der Waals surface area contributed by atoms with Crippen molar-refractivity contribution in [3.05, 3.63) is 197 Å². The molecule has 0 saturated heterocycles. The van der Waals surface area contributed by atoms with Crippen LogP contribution in [0.3, 0.4) is 0 Å². The van der Waals surface area contributed by atoms with Crippen molar-refractivity contribution >= 4 is 50.8 Å². The van der Waals surface area contributed by atoms with Crippen LogP contribution in [0, 0.1) is 0 Å². The van der Waals surface area contributed by atoms with Crippen LogP contribution in [0.5, 0.6) is 0 Å². The normalized spacial score (nSPS) is 16.5. The molecule has 1 aromatic heterocycles. The molecule has 8 aromatic rings. The smallest absolute Gasteiger partial charge is 0.135 e. The molecule has 51 heavy (non-hydrogen) atoms. The van der Waals surface area contributed by atoms with Crippen LogP contribution in [0.25, 0.3) is 21.9 Å². The van der Waals surface area contributed by atoms with E-state index in [1.54, 1.807) is 0 Å². The Hall–Kier alpha value is -5.51. The fourth-order valence-electron chi connectivity index (χ4n) is 9.82. The van der Waals surface area contributed by atoms with E-state index in [1.807, 2.05) is 17.8 Å². The molecule has 0 radical (unpaired) electrons. The van der Waals surface area contributed by atoms with Gasteiger partial charge in [0, 0.05) is 31.7 Å². The summed E-state index contributed by atoms with van der Waals surface area (Å²) < 4.78 is 6.28. The quantitative estimate of drug-likeness (QED) is 0.186. The number of benzene rings is 7. The molecular formula is C48H35NOS. The predicted molar refractivity (Wildman–Crippen MR) is 210 cm³/mol. The second-order valence-corrected chi connectivity index (χ2v) is 15.4. The van der Waals surface area contributed by atoms with E-state index in [0.717, 1.165) is 40.5 Å². The number of para-hydroxylation sites is 2. The van der Waals surface area contributed by atoms with E-state index in [9.17, 15) is 0 Å². The van der Waals surface area contributed by atoms with Crippen molar-refractivity contribution in [2.45, 2.75) is 46.3 Å². The van der Waals surface area contributed by atoms with Gasteiger partial charge in [0.15, 0.2) is 0 Å². The lowest BCUT2D eigenvalue weighted by Crippen LogP contribution is -2.37. The number of hydrogen-bond acceptors (Lipinski definition) is 3. The third kappa shape index (κ3) is 4.01. The number of anilines is 3. The van der Waals surface area contributed by atoms with Crippen LogP contribution >= 0.6 is 11.8 Å². The summed E-state index contributed by atoms with van der Waals surface area (Å²) in [5.41, 5.74) is 13.3. The van der Waals surface area contributed by atoms with Gasteiger partial charge in [-0.05, 0) is 94.8 Å². The molecule has 3 aliphatic rings. The highest BCUT2D eigenvalue weighted by Crippen LogP contribution is 2.61. The van der Waals surface area contributed by atoms with Gasteiger partial charge in [0.2, 0.25) is 0 Å². The summed E-state index contributed by atoms with van der Waals surface area (Å²) in [6, 6.07) is 61.1. The SMILES string of the molecule is c1ccc(C2(c3ccc4c(c3)C3(CCCC3)c3ccccc3N4c3ccc4oc5ccccc5c4c3)c3ccccc3Sc3ccccc32)cc1. The fourth-order valence-corrected chi connectivity index (χ4v) is 11.0. The molecule has 1 spiro atoms. The second kappa shape index (κ2) is 11.0. The standard InChI is InChI=1S/C48H35NOS/c1-2-14-32(15-3-1)48(38-18-6-10-22-45(38)51-46-23-11-7-19-39(46)48)33-24-26-42-40(30-33)47(28-12-13-29-47)37-17-5-8-20-41(37)49(42)34-25-27-44-36(31-34)35-16-4-9-21-43(35)50-44/h1-11,14-27,30-31H,12-13,28-29H2. The number of nitrogens with zero attached hydrogens (tertiary/aromatic N) is 1. The van der Waals surface area contributed by atoms with Crippen LogP contribution in [0.15, 0.2) is 178 Å². The first-order valence-electron chi connectivity index (χ1n) is 18.1. The Morgan fingerprint density at radius 3 is 1.88 bits per heavy atom. The average Bonchev–Trinajstić information content (AvgIpc) is 3.83. The monoisotopic (exact) mass is 673 g/mol. The summed E-state index contributed by atoms with van der Waals surface area (Å²) in [7, 11) is 0. The molecule has 3 heterocycles. The maximum atomic E-state index is 6.28. The molecule has 1 aliphatic carbocycles. The van der Waals surface area contributed by atoms with Gasteiger partial charge in [-0.15, -0.1) is 0 Å². The molecule has 3 heteroatoms. The van der Waals surface area contributed by atoms with E-state index < -0.39 is 5.41 Å². The van der Waals surface area contributed by atoms with Gasteiger partial charge >= 0.3 is 0 Å². The van der Waals surface area contributed by atoms with Crippen molar-refractivity contribution in [3.8, 4) is 0 Å². The molecule has 2 aliphatic heterocycles. The average molecular weight is 674 g/mol. The zero-order chi connectivity index (χ0) is 33.6. The van der Waals surface area contributed by atoms with Crippen molar-refractivity contribution in [3.63, 3.8) is 0 Å². The minimum Gasteiger partial charge on any atom is -0.456 e. The summed E-state index contributed by atoms with van der Waals surface area (Å²) in [5, 5.41) is 2.30. The van der Waals surface area contributed by atoms with E-state index >= 15 is 0 Å². The van der Waals surface area contributed by atoms with E-state index in [2.05, 4.69) is 163 Å². The molecule has 1 saturated carbocycles. The molecule has 11 rings (SSSR count). The molecule has 2 nitrogen and oxygen atoms in total. The molecule has 0 amide bonds. The van der Waals surface area contributed by atoms with Crippen LogP contribution in [0.4, 0.5) is 17.1 Å². The van der Waals surface area contributed by atoms with Crippen LogP contribution in [-0.4, -0.2) is 0 Å². The highest BCUT2D eigenvalue weighted by atomic mass is 32.2. The Balaban J connectivity index is 1.22. The van der Waals surface area contributed by atoms with Gasteiger partial charge in [-0.25, -0.2) is 0 Å². The molecule has 0 atom stereocenters. The van der Waals surface area contributed by atoms with Gasteiger partial charge in [-0.2, -0.15) is 0 Å². The van der Waals surface area contributed by atoms with Gasteiger partial charge in [0.25, 0.3) is 0 Å². The second-order valence-electron chi connectivity index (χ2n) is 14.4. The summed E-state index contributed by atoms with van der Waals surface area (Å²) in [4.78, 5) is 5.16. The fraction of sp³-hybridized carbons (Fsp3) is 0.125. The highest BCUT2D eigenvalue weighted by molar-refractivity contribution is 7.99. The Bertz CT molecular complexity index is 2600.